The van der Waals surface area contributed by atoms with Crippen LogP contribution in [0.2, 0.25) is 0 Å². The van der Waals surface area contributed by atoms with Crippen LogP contribution in [0.15, 0.2) is 23.1 Å². The van der Waals surface area contributed by atoms with Crippen molar-refractivity contribution in [3.63, 3.8) is 0 Å². The van der Waals surface area contributed by atoms with Gasteiger partial charge in [-0.1, -0.05) is 6.07 Å². The molecule has 1 rings (SSSR count). The molecule has 1 aromatic carbocycles. The van der Waals surface area contributed by atoms with Gasteiger partial charge in [-0.2, -0.15) is 0 Å². The van der Waals surface area contributed by atoms with E-state index in [2.05, 4.69) is 27.7 Å². The third-order valence-electron chi connectivity index (χ3n) is 4.15. The molecule has 0 saturated carbocycles. The molecule has 0 heterocycles. The summed E-state index contributed by atoms with van der Waals surface area (Å²) in [5, 5.41) is 9.06. The number of benzene rings is 1. The monoisotopic (exact) mass is 317 g/mol. The molecule has 0 radical (unpaired) electrons. The van der Waals surface area contributed by atoms with Crippen LogP contribution < -0.4 is 0 Å². The van der Waals surface area contributed by atoms with Crippen molar-refractivity contribution >= 4 is 10.1 Å². The van der Waals surface area contributed by atoms with E-state index in [1.165, 1.54) is 36.7 Å². The minimum Gasteiger partial charge on any atom is -0.744 e. The van der Waals surface area contributed by atoms with Crippen molar-refractivity contribution in [1.82, 2.24) is 0 Å². The summed E-state index contributed by atoms with van der Waals surface area (Å²) in [6.45, 7) is 15.8. The Kier molecular flexibility index (Phi) is 7.92. The number of aromatic hydroxyl groups is 1. The van der Waals surface area contributed by atoms with E-state index < -0.39 is 15.0 Å². The molecule has 0 spiro atoms. The molecular weight excluding hydrogens is 290 g/mol. The van der Waals surface area contributed by atoms with Gasteiger partial charge in [0.15, 0.2) is 0 Å². The molecule has 0 aromatic heterocycles. The van der Waals surface area contributed by atoms with E-state index in [-0.39, 0.29) is 5.75 Å². The summed E-state index contributed by atoms with van der Waals surface area (Å²) >= 11 is 0. The van der Waals surface area contributed by atoms with Gasteiger partial charge in [-0.05, 0) is 52.3 Å². The van der Waals surface area contributed by atoms with Crippen molar-refractivity contribution in [2.24, 2.45) is 0 Å². The predicted molar refractivity (Wildman–Crippen MR) is 83.2 cm³/mol. The maximum Gasteiger partial charge on any atom is 0.124 e. The first-order valence-electron chi connectivity index (χ1n) is 7.26. The number of rotatable bonds is 5. The Morgan fingerprint density at radius 1 is 1.05 bits per heavy atom. The van der Waals surface area contributed by atoms with E-state index in [4.69, 9.17) is 5.11 Å². The van der Waals surface area contributed by atoms with Gasteiger partial charge in [-0.25, -0.2) is 8.42 Å². The van der Waals surface area contributed by atoms with Crippen molar-refractivity contribution in [3.05, 3.63) is 23.8 Å². The zero-order valence-corrected chi connectivity index (χ0v) is 14.4. The third kappa shape index (κ3) is 6.03. The summed E-state index contributed by atoms with van der Waals surface area (Å²) in [5.74, 6) is -0.188. The summed E-state index contributed by atoms with van der Waals surface area (Å²) in [6, 6.07) is 3.48. The number of nitrogens with zero attached hydrogens (tertiary/aromatic N) is 1. The molecule has 0 bridgehead atoms. The molecule has 0 aliphatic heterocycles. The molecule has 0 fully saturated rings. The molecule has 6 heteroatoms. The van der Waals surface area contributed by atoms with Crippen molar-refractivity contribution in [2.75, 3.05) is 26.2 Å². The van der Waals surface area contributed by atoms with E-state index in [9.17, 15) is 13.0 Å². The number of phenols is 1. The predicted octanol–water partition coefficient (Wildman–Crippen LogP) is 2.49. The fourth-order valence-corrected chi connectivity index (χ4v) is 2.58. The van der Waals surface area contributed by atoms with Crippen LogP contribution in [0.4, 0.5) is 0 Å². The van der Waals surface area contributed by atoms with E-state index in [1.54, 1.807) is 6.92 Å². The van der Waals surface area contributed by atoms with Gasteiger partial charge in [0.2, 0.25) is 0 Å². The highest BCUT2D eigenvalue weighted by atomic mass is 32.2. The molecule has 0 saturated heterocycles. The second-order valence-electron chi connectivity index (χ2n) is 5.01. The normalized spacial score (nSPS) is 11.7. The first-order valence-corrected chi connectivity index (χ1v) is 8.67. The van der Waals surface area contributed by atoms with Crippen LogP contribution in [0.3, 0.4) is 0 Å². The fraction of sp³-hybridized carbons (Fsp3) is 0.600. The van der Waals surface area contributed by atoms with Crippen LogP contribution in [0.1, 0.15) is 33.3 Å². The average molecular weight is 317 g/mol. The fourth-order valence-electron chi connectivity index (χ4n) is 2.09. The van der Waals surface area contributed by atoms with Gasteiger partial charge >= 0.3 is 0 Å². The van der Waals surface area contributed by atoms with Gasteiger partial charge in [0.1, 0.15) is 15.9 Å². The van der Waals surface area contributed by atoms with Gasteiger partial charge in [0.25, 0.3) is 0 Å². The zero-order valence-electron chi connectivity index (χ0n) is 13.6. The molecule has 0 atom stereocenters. The van der Waals surface area contributed by atoms with Crippen molar-refractivity contribution in [2.45, 2.75) is 39.5 Å². The van der Waals surface area contributed by atoms with Gasteiger partial charge in [-0.3, -0.25) is 0 Å². The summed E-state index contributed by atoms with van der Waals surface area (Å²) in [6.07, 6.45) is 0. The highest BCUT2D eigenvalue weighted by molar-refractivity contribution is 7.85. The second kappa shape index (κ2) is 8.36. The second-order valence-corrected chi connectivity index (χ2v) is 6.39. The summed E-state index contributed by atoms with van der Waals surface area (Å²) < 4.78 is 32.6. The molecule has 21 heavy (non-hydrogen) atoms. The van der Waals surface area contributed by atoms with Crippen LogP contribution in [0.25, 0.3) is 0 Å². The summed E-state index contributed by atoms with van der Waals surface area (Å²) in [4.78, 5) is -0.411. The van der Waals surface area contributed by atoms with Crippen LogP contribution in [-0.4, -0.2) is 48.7 Å². The molecule has 1 aromatic rings. The van der Waals surface area contributed by atoms with E-state index in [1.807, 2.05) is 0 Å². The molecular formula is C15H27NO4S. The zero-order chi connectivity index (χ0) is 16.7. The quantitative estimate of drug-likeness (QED) is 0.668. The Balaban J connectivity index is 0.000000400. The maximum atomic E-state index is 10.4. The van der Waals surface area contributed by atoms with Crippen LogP contribution in [-0.2, 0) is 10.1 Å². The SMILES string of the molecule is CC[N+](CC)(CC)CC.Cc1ccc(S(=O)(=O)[O-])cc1O. The van der Waals surface area contributed by atoms with Crippen LogP contribution in [0.5, 0.6) is 5.75 Å². The summed E-state index contributed by atoms with van der Waals surface area (Å²) in [7, 11) is -4.45. The van der Waals surface area contributed by atoms with Crippen LogP contribution >= 0.6 is 0 Å². The van der Waals surface area contributed by atoms with Crippen molar-refractivity contribution in [3.8, 4) is 5.75 Å². The molecule has 0 aliphatic rings. The number of quaternary nitrogens is 1. The third-order valence-corrected chi connectivity index (χ3v) is 4.98. The Morgan fingerprint density at radius 3 is 1.71 bits per heavy atom. The molecule has 5 nitrogen and oxygen atoms in total. The van der Waals surface area contributed by atoms with Gasteiger partial charge in [0, 0.05) is 0 Å². The topological polar surface area (TPSA) is 77.4 Å². The molecule has 0 aliphatic carbocycles. The van der Waals surface area contributed by atoms with Crippen LogP contribution in [0, 0.1) is 6.92 Å². The number of aryl methyl sites for hydroxylation is 1. The molecule has 0 amide bonds. The first-order chi connectivity index (χ1) is 9.65. The number of hydrogen-bond donors (Lipinski definition) is 1. The lowest BCUT2D eigenvalue weighted by molar-refractivity contribution is -0.921. The Bertz CT molecular complexity index is 519. The minimum absolute atomic E-state index is 0.188. The average Bonchev–Trinajstić information content (AvgIpc) is 2.45. The Morgan fingerprint density at radius 2 is 1.48 bits per heavy atom. The lowest BCUT2D eigenvalue weighted by atomic mass is 10.2. The molecule has 122 valence electrons. The standard InChI is InChI=1S/C8H20N.C7H8O4S/c1-5-9(6-2,7-3)8-4;1-5-2-3-6(4-7(5)8)12(9,10)11/h5-8H2,1-4H3;2-4,8H,1H3,(H,9,10,11)/q+1;/p-1. The highest BCUT2D eigenvalue weighted by Crippen LogP contribution is 2.20. The van der Waals surface area contributed by atoms with Crippen molar-refractivity contribution < 1.29 is 22.6 Å². The smallest absolute Gasteiger partial charge is 0.124 e. The molecule has 1 N–H and O–H groups in total. The lowest BCUT2D eigenvalue weighted by Crippen LogP contribution is -2.47. The number of hydrogen-bond acceptors (Lipinski definition) is 4. The highest BCUT2D eigenvalue weighted by Gasteiger charge is 2.16. The van der Waals surface area contributed by atoms with Gasteiger partial charge in [-0.15, -0.1) is 0 Å². The number of phenolic OH excluding ortho intramolecular Hbond substituents is 1. The van der Waals surface area contributed by atoms with E-state index in [0.717, 1.165) is 12.1 Å². The Hall–Kier alpha value is -1.11. The molecule has 0 unspecified atom stereocenters. The maximum absolute atomic E-state index is 10.4. The first kappa shape index (κ1) is 19.9. The van der Waals surface area contributed by atoms with Gasteiger partial charge in [0.05, 0.1) is 31.1 Å². The van der Waals surface area contributed by atoms with Gasteiger partial charge < -0.3 is 14.1 Å². The summed E-state index contributed by atoms with van der Waals surface area (Å²) in [5.41, 5.74) is 0.530. The van der Waals surface area contributed by atoms with Crippen molar-refractivity contribution in [1.29, 1.82) is 0 Å². The Labute approximate surface area is 128 Å². The lowest BCUT2D eigenvalue weighted by Gasteiger charge is -2.34. The van der Waals surface area contributed by atoms with E-state index in [0.29, 0.717) is 5.56 Å². The minimum atomic E-state index is -4.45. The van der Waals surface area contributed by atoms with E-state index >= 15 is 0 Å². The largest absolute Gasteiger partial charge is 0.744 e.